The number of ether oxygens (including phenoxy) is 1. The number of amides is 1. The number of nitrogens with zero attached hydrogens (tertiary/aromatic N) is 3. The molecule has 0 radical (unpaired) electrons. The first-order valence-corrected chi connectivity index (χ1v) is 7.82. The quantitative estimate of drug-likeness (QED) is 0.878. The molecule has 1 aliphatic rings. The number of aromatic nitrogens is 2. The summed E-state index contributed by atoms with van der Waals surface area (Å²) in [4.78, 5) is 33.7. The Hall–Kier alpha value is -2.15. The van der Waals surface area contributed by atoms with E-state index >= 15 is 0 Å². The Bertz CT molecular complexity index is 682. The van der Waals surface area contributed by atoms with Gasteiger partial charge >= 0.3 is 12.1 Å². The van der Waals surface area contributed by atoms with Gasteiger partial charge in [-0.2, -0.15) is 0 Å². The van der Waals surface area contributed by atoms with Crippen molar-refractivity contribution in [1.82, 2.24) is 14.9 Å². The molecular weight excluding hydrogens is 334 g/mol. The topological polar surface area (TPSA) is 92.6 Å². The van der Waals surface area contributed by atoms with Crippen LogP contribution in [0, 0.1) is 0 Å². The maximum atomic E-state index is 12.4. The van der Waals surface area contributed by atoms with E-state index in [1.165, 1.54) is 24.2 Å². The number of carbonyl (C=O) groups is 2. The zero-order valence-electron chi connectivity index (χ0n) is 14.0. The Morgan fingerprint density at radius 2 is 1.92 bits per heavy atom. The Morgan fingerprint density at radius 1 is 1.33 bits per heavy atom. The van der Waals surface area contributed by atoms with Crippen molar-refractivity contribution in [2.24, 2.45) is 0 Å². The van der Waals surface area contributed by atoms with Crippen LogP contribution in [0.5, 0.6) is 0 Å². The van der Waals surface area contributed by atoms with Crippen LogP contribution in [0.4, 0.5) is 4.79 Å². The molecular formula is C16H20ClN3O4. The molecule has 1 aliphatic heterocycles. The summed E-state index contributed by atoms with van der Waals surface area (Å²) in [6.45, 7) is 6.78. The zero-order valence-corrected chi connectivity index (χ0v) is 14.8. The molecule has 0 saturated heterocycles. The van der Waals surface area contributed by atoms with E-state index in [9.17, 15) is 14.7 Å². The summed E-state index contributed by atoms with van der Waals surface area (Å²) in [5, 5.41) is 10.1. The third-order valence-electron chi connectivity index (χ3n) is 3.63. The molecule has 0 aromatic carbocycles. The van der Waals surface area contributed by atoms with Gasteiger partial charge < -0.3 is 9.84 Å². The number of carboxylic acid groups (broad SMARTS) is 1. The largest absolute Gasteiger partial charge is 0.479 e. The Balaban J connectivity index is 2.33. The summed E-state index contributed by atoms with van der Waals surface area (Å²) in [5.41, 5.74) is -1.51. The molecule has 0 saturated carbocycles. The van der Waals surface area contributed by atoms with Crippen LogP contribution in [0.15, 0.2) is 18.5 Å². The van der Waals surface area contributed by atoms with E-state index in [1.807, 2.05) is 0 Å². The van der Waals surface area contributed by atoms with Gasteiger partial charge in [0.25, 0.3) is 0 Å². The average molecular weight is 354 g/mol. The lowest BCUT2D eigenvalue weighted by molar-refractivity contribution is -0.149. The minimum absolute atomic E-state index is 0.0726. The highest BCUT2D eigenvalue weighted by Gasteiger charge is 2.46. The molecule has 1 amide bonds. The molecule has 1 aromatic rings. The third kappa shape index (κ3) is 3.84. The van der Waals surface area contributed by atoms with Crippen LogP contribution in [0.1, 0.15) is 39.9 Å². The second kappa shape index (κ2) is 6.39. The maximum absolute atomic E-state index is 12.4. The van der Waals surface area contributed by atoms with Crippen molar-refractivity contribution in [2.45, 2.75) is 45.3 Å². The number of carbonyl (C=O) groups excluding carboxylic acids is 1. The molecule has 130 valence electrons. The number of aliphatic carboxylic acids is 1. The van der Waals surface area contributed by atoms with Crippen LogP contribution < -0.4 is 0 Å². The first-order chi connectivity index (χ1) is 11.0. The summed E-state index contributed by atoms with van der Waals surface area (Å²) in [6, 6.07) is 0. The number of rotatable bonds is 2. The predicted molar refractivity (Wildman–Crippen MR) is 88.6 cm³/mol. The summed E-state index contributed by atoms with van der Waals surface area (Å²) in [7, 11) is 0. The maximum Gasteiger partial charge on any atom is 0.411 e. The van der Waals surface area contributed by atoms with E-state index in [4.69, 9.17) is 16.3 Å². The Morgan fingerprint density at radius 3 is 2.42 bits per heavy atom. The summed E-state index contributed by atoms with van der Waals surface area (Å²) in [5.74, 6) is -0.719. The van der Waals surface area contributed by atoms with Gasteiger partial charge in [0.15, 0.2) is 5.82 Å². The summed E-state index contributed by atoms with van der Waals surface area (Å²) < 4.78 is 5.33. The van der Waals surface area contributed by atoms with Crippen LogP contribution in [-0.4, -0.2) is 49.7 Å². The van der Waals surface area contributed by atoms with Crippen LogP contribution in [0.25, 0.3) is 5.57 Å². The van der Waals surface area contributed by atoms with E-state index in [2.05, 4.69) is 9.97 Å². The van der Waals surface area contributed by atoms with E-state index in [1.54, 1.807) is 26.8 Å². The average Bonchev–Trinajstić information content (AvgIpc) is 2.45. The zero-order chi connectivity index (χ0) is 18.1. The van der Waals surface area contributed by atoms with Gasteiger partial charge in [-0.15, -0.1) is 0 Å². The molecule has 0 aliphatic carbocycles. The van der Waals surface area contributed by atoms with Gasteiger partial charge in [-0.05, 0) is 33.3 Å². The van der Waals surface area contributed by atoms with E-state index in [0.717, 1.165) is 0 Å². The number of carboxylic acids is 1. The van der Waals surface area contributed by atoms with E-state index in [0.29, 0.717) is 16.4 Å². The van der Waals surface area contributed by atoms with Gasteiger partial charge in [-0.3, -0.25) is 4.90 Å². The molecule has 0 unspecified atom stereocenters. The van der Waals surface area contributed by atoms with Crippen molar-refractivity contribution < 1.29 is 19.4 Å². The molecule has 1 N–H and O–H groups in total. The molecule has 2 rings (SSSR count). The highest BCUT2D eigenvalue weighted by atomic mass is 35.5. The molecule has 0 fully saturated rings. The van der Waals surface area contributed by atoms with Crippen LogP contribution in [0.2, 0.25) is 5.02 Å². The van der Waals surface area contributed by atoms with Crippen LogP contribution in [-0.2, 0) is 9.53 Å². The van der Waals surface area contributed by atoms with Crippen molar-refractivity contribution in [3.63, 3.8) is 0 Å². The van der Waals surface area contributed by atoms with Crippen molar-refractivity contribution >= 4 is 29.2 Å². The molecule has 2 heterocycles. The Labute approximate surface area is 145 Å². The number of hydrogen-bond donors (Lipinski definition) is 1. The van der Waals surface area contributed by atoms with Gasteiger partial charge in [0.05, 0.1) is 5.02 Å². The molecule has 0 bridgehead atoms. The van der Waals surface area contributed by atoms with Gasteiger partial charge in [0, 0.05) is 25.4 Å². The lowest BCUT2D eigenvalue weighted by atomic mass is 9.87. The lowest BCUT2D eigenvalue weighted by Crippen LogP contribution is -2.57. The second-order valence-corrected chi connectivity index (χ2v) is 7.24. The van der Waals surface area contributed by atoms with E-state index in [-0.39, 0.29) is 13.0 Å². The SMILES string of the molecule is CC(C)(C)OC(=O)N1CC=C(c2ncc(Cl)cn2)C[C@]1(C)C(=O)O. The molecule has 8 heteroatoms. The van der Waals surface area contributed by atoms with Crippen molar-refractivity contribution in [3.8, 4) is 0 Å². The van der Waals surface area contributed by atoms with Gasteiger partial charge in [0.1, 0.15) is 11.1 Å². The summed E-state index contributed by atoms with van der Waals surface area (Å²) >= 11 is 5.78. The fraction of sp³-hybridized carbons (Fsp3) is 0.500. The molecule has 24 heavy (non-hydrogen) atoms. The minimum atomic E-state index is -1.45. The second-order valence-electron chi connectivity index (χ2n) is 6.80. The normalized spacial score (nSPS) is 21.2. The fourth-order valence-electron chi connectivity index (χ4n) is 2.37. The lowest BCUT2D eigenvalue weighted by Gasteiger charge is -2.41. The smallest absolute Gasteiger partial charge is 0.411 e. The van der Waals surface area contributed by atoms with E-state index < -0.39 is 23.2 Å². The Kier molecular flexibility index (Phi) is 4.85. The van der Waals surface area contributed by atoms with Crippen molar-refractivity contribution in [3.05, 3.63) is 29.3 Å². The first-order valence-electron chi connectivity index (χ1n) is 7.44. The number of hydrogen-bond acceptors (Lipinski definition) is 5. The highest BCUT2D eigenvalue weighted by Crippen LogP contribution is 2.34. The van der Waals surface area contributed by atoms with Crippen LogP contribution >= 0.6 is 11.6 Å². The first kappa shape index (κ1) is 18.2. The molecule has 0 spiro atoms. The number of halogens is 1. The van der Waals surface area contributed by atoms with Gasteiger partial charge in [-0.25, -0.2) is 19.6 Å². The van der Waals surface area contributed by atoms with Gasteiger partial charge in [0.2, 0.25) is 0 Å². The van der Waals surface area contributed by atoms with Crippen molar-refractivity contribution in [1.29, 1.82) is 0 Å². The third-order valence-corrected chi connectivity index (χ3v) is 3.83. The molecule has 1 atom stereocenters. The highest BCUT2D eigenvalue weighted by molar-refractivity contribution is 6.30. The van der Waals surface area contributed by atoms with Gasteiger partial charge in [-0.1, -0.05) is 17.7 Å². The predicted octanol–water partition coefficient (Wildman–Crippen LogP) is 3.00. The van der Waals surface area contributed by atoms with Crippen LogP contribution in [0.3, 0.4) is 0 Å². The minimum Gasteiger partial charge on any atom is -0.479 e. The summed E-state index contributed by atoms with van der Waals surface area (Å²) in [6.07, 6.45) is 4.03. The molecule has 7 nitrogen and oxygen atoms in total. The fourth-order valence-corrected chi connectivity index (χ4v) is 2.47. The standard InChI is InChI=1S/C16H20ClN3O4/c1-15(2,3)24-14(23)20-6-5-10(7-16(20,4)13(21)22)12-18-8-11(17)9-19-12/h5,8-9H,6-7H2,1-4H3,(H,21,22)/t16-/m1/s1. The van der Waals surface area contributed by atoms with Crippen molar-refractivity contribution in [2.75, 3.05) is 6.54 Å². The monoisotopic (exact) mass is 353 g/mol. The molecule has 1 aromatic heterocycles.